The molecule has 3 N–H and O–H groups in total. The Morgan fingerprint density at radius 2 is 0.704 bits per heavy atom. The number of phenols is 3. The molecule has 4 rings (SSSR count). The molecule has 0 radical (unpaired) electrons. The predicted octanol–water partition coefficient (Wildman–Crippen LogP) is 14.1. The first kappa shape index (κ1) is 43.3. The van der Waals surface area contributed by atoms with Crippen molar-refractivity contribution in [1.29, 1.82) is 0 Å². The molecule has 0 heterocycles. The van der Waals surface area contributed by atoms with Gasteiger partial charge in [0.05, 0.1) is 0 Å². The van der Waals surface area contributed by atoms with E-state index in [9.17, 15) is 15.3 Å². The molecule has 3 heteroatoms. The highest BCUT2D eigenvalue weighted by Gasteiger charge is 2.42. The molecule has 1 aliphatic carbocycles. The maximum atomic E-state index is 11.8. The molecule has 0 saturated carbocycles. The van der Waals surface area contributed by atoms with Crippen LogP contribution in [0.1, 0.15) is 195 Å². The normalized spacial score (nSPS) is 19.4. The first-order valence-electron chi connectivity index (χ1n) is 20.1. The Morgan fingerprint density at radius 1 is 0.444 bits per heavy atom. The molecule has 0 bridgehead atoms. The van der Waals surface area contributed by atoms with Gasteiger partial charge in [-0.3, -0.25) is 0 Å². The van der Waals surface area contributed by atoms with E-state index in [1.54, 1.807) is 0 Å². The Morgan fingerprint density at radius 3 is 0.981 bits per heavy atom. The van der Waals surface area contributed by atoms with Crippen LogP contribution < -0.4 is 0 Å². The largest absolute Gasteiger partial charge is 0.507 e. The van der Waals surface area contributed by atoms with Gasteiger partial charge >= 0.3 is 0 Å². The zero-order chi connectivity index (χ0) is 41.7. The maximum Gasteiger partial charge on any atom is 0.123 e. The second-order valence-corrected chi connectivity index (χ2v) is 22.9. The van der Waals surface area contributed by atoms with E-state index < -0.39 is 5.41 Å². The molecule has 0 amide bonds. The van der Waals surface area contributed by atoms with E-state index in [0.717, 1.165) is 50.1 Å². The van der Waals surface area contributed by atoms with E-state index in [1.165, 1.54) is 16.7 Å². The monoisotopic (exact) mass is 735 g/mol. The van der Waals surface area contributed by atoms with Crippen LogP contribution in [0.15, 0.2) is 48.0 Å². The van der Waals surface area contributed by atoms with Crippen LogP contribution in [-0.2, 0) is 37.9 Å². The molecule has 2 atom stereocenters. The molecule has 54 heavy (non-hydrogen) atoms. The van der Waals surface area contributed by atoms with Gasteiger partial charge in [-0.1, -0.05) is 157 Å². The van der Waals surface area contributed by atoms with E-state index >= 15 is 0 Å². The van der Waals surface area contributed by atoms with Crippen molar-refractivity contribution in [2.45, 2.75) is 183 Å². The quantitative estimate of drug-likeness (QED) is 0.251. The van der Waals surface area contributed by atoms with Crippen molar-refractivity contribution < 1.29 is 15.3 Å². The molecule has 0 aromatic heterocycles. The van der Waals surface area contributed by atoms with Gasteiger partial charge in [-0.05, 0) is 114 Å². The van der Waals surface area contributed by atoms with Gasteiger partial charge < -0.3 is 15.3 Å². The minimum atomic E-state index is -0.499. The average Bonchev–Trinajstić information content (AvgIpc) is 2.96. The highest BCUT2D eigenvalue weighted by Crippen LogP contribution is 2.55. The Labute approximate surface area is 330 Å². The second-order valence-electron chi connectivity index (χ2n) is 22.9. The fourth-order valence-corrected chi connectivity index (χ4v) is 8.36. The summed E-state index contributed by atoms with van der Waals surface area (Å²) in [7, 11) is 0. The van der Waals surface area contributed by atoms with Crippen LogP contribution in [0.5, 0.6) is 17.2 Å². The number of allylic oxidation sites excluding steroid dienone is 4. The van der Waals surface area contributed by atoms with Crippen molar-refractivity contribution >= 4 is 11.1 Å². The van der Waals surface area contributed by atoms with Crippen molar-refractivity contribution in [2.24, 2.45) is 5.92 Å². The number of hydrogen-bond acceptors (Lipinski definition) is 3. The molecular weight excluding hydrogens is 661 g/mol. The zero-order valence-electron chi connectivity index (χ0n) is 38.0. The summed E-state index contributed by atoms with van der Waals surface area (Å²) >= 11 is 0. The van der Waals surface area contributed by atoms with Gasteiger partial charge in [0, 0.05) is 27.7 Å². The highest BCUT2D eigenvalue weighted by atomic mass is 16.3. The summed E-state index contributed by atoms with van der Waals surface area (Å²) in [4.78, 5) is 0. The summed E-state index contributed by atoms with van der Waals surface area (Å²) in [6.45, 7) is 46.1. The summed E-state index contributed by atoms with van der Waals surface area (Å²) in [5.41, 5.74) is 10.4. The Balaban J connectivity index is 2.29. The third-order valence-corrected chi connectivity index (χ3v) is 12.0. The lowest BCUT2D eigenvalue weighted by atomic mass is 9.60. The Bertz CT molecular complexity index is 1900. The van der Waals surface area contributed by atoms with Crippen LogP contribution in [-0.4, -0.2) is 15.3 Å². The van der Waals surface area contributed by atoms with Crippen LogP contribution in [0.4, 0.5) is 0 Å². The summed E-state index contributed by atoms with van der Waals surface area (Å²) < 4.78 is 0. The lowest BCUT2D eigenvalue weighted by molar-refractivity contribution is 0.416. The molecule has 2 unspecified atom stereocenters. The number of rotatable bonds is 3. The smallest absolute Gasteiger partial charge is 0.123 e. The second kappa shape index (κ2) is 13.3. The van der Waals surface area contributed by atoms with Gasteiger partial charge in [0.1, 0.15) is 17.2 Å². The number of benzene rings is 3. The van der Waals surface area contributed by atoms with Crippen LogP contribution in [0.3, 0.4) is 0 Å². The summed E-state index contributed by atoms with van der Waals surface area (Å²) in [5.74, 6) is 1.16. The lowest BCUT2D eigenvalue weighted by Crippen LogP contribution is -2.34. The lowest BCUT2D eigenvalue weighted by Gasteiger charge is -2.43. The molecule has 0 fully saturated rings. The Hall–Kier alpha value is -3.46. The van der Waals surface area contributed by atoms with Gasteiger partial charge in [0.25, 0.3) is 0 Å². The van der Waals surface area contributed by atoms with Crippen molar-refractivity contribution in [3.63, 3.8) is 0 Å². The fraction of sp³-hybridized carbons (Fsp3) is 0.569. The highest BCUT2D eigenvalue weighted by molar-refractivity contribution is 5.94. The van der Waals surface area contributed by atoms with Gasteiger partial charge in [-0.15, -0.1) is 0 Å². The first-order chi connectivity index (χ1) is 24.0. The van der Waals surface area contributed by atoms with Crippen LogP contribution in [0.2, 0.25) is 0 Å². The van der Waals surface area contributed by atoms with Crippen molar-refractivity contribution in [2.75, 3.05) is 0 Å². The van der Waals surface area contributed by atoms with Gasteiger partial charge in [-0.25, -0.2) is 0 Å². The third kappa shape index (κ3) is 7.94. The molecular formula is C51H74O3. The number of phenolic OH excluding ortho intramolecular Hbond substituents is 3. The molecule has 0 spiro atoms. The predicted molar refractivity (Wildman–Crippen MR) is 234 cm³/mol. The summed E-state index contributed by atoms with van der Waals surface area (Å²) in [6, 6.07) is 13.4. The molecule has 3 nitrogen and oxygen atoms in total. The SMILES string of the molecule is CC1=C(c2cc(C(C)(C)C)c(O)c(C(C)(C)C)c2)C(C)C(C)(c2cc(C(C)(C)C)c(O)c(C(C)(C)C)c2)C=C1c1cc(C(C)(C)C)c(O)c(C(C)(C)C)c1. The molecule has 0 saturated heterocycles. The van der Waals surface area contributed by atoms with E-state index in [1.807, 2.05) is 0 Å². The fourth-order valence-electron chi connectivity index (χ4n) is 8.36. The summed E-state index contributed by atoms with van der Waals surface area (Å²) in [5, 5.41) is 35.5. The number of hydrogen-bond donors (Lipinski definition) is 3. The first-order valence-corrected chi connectivity index (χ1v) is 20.1. The zero-order valence-corrected chi connectivity index (χ0v) is 38.0. The van der Waals surface area contributed by atoms with Gasteiger partial charge in [-0.2, -0.15) is 0 Å². The van der Waals surface area contributed by atoms with Crippen molar-refractivity contribution in [3.05, 3.63) is 98.1 Å². The molecule has 1 aliphatic rings. The average molecular weight is 735 g/mol. The Kier molecular flexibility index (Phi) is 10.7. The van der Waals surface area contributed by atoms with Crippen LogP contribution >= 0.6 is 0 Å². The molecule has 0 aliphatic heterocycles. The summed E-state index contributed by atoms with van der Waals surface area (Å²) in [6.07, 6.45) is 2.47. The molecule has 296 valence electrons. The van der Waals surface area contributed by atoms with Crippen molar-refractivity contribution in [3.8, 4) is 17.2 Å². The van der Waals surface area contributed by atoms with Crippen LogP contribution in [0.25, 0.3) is 11.1 Å². The topological polar surface area (TPSA) is 60.7 Å². The van der Waals surface area contributed by atoms with E-state index in [2.05, 4.69) is 188 Å². The van der Waals surface area contributed by atoms with Gasteiger partial charge in [0.2, 0.25) is 0 Å². The standard InChI is InChI=1S/C51H74O3/c1-29-34(31-22-35(45(3,4)5)42(52)36(23-31)46(6,7)8)28-51(21,33-26-39(49(15,16)17)44(54)40(27-33)50(18,19)20)30(2)41(29)32-24-37(47(9,10)11)43(53)38(25-32)48(12,13)14/h22-28,30,52-54H,1-21H3. The number of aromatic hydroxyl groups is 3. The minimum Gasteiger partial charge on any atom is -0.507 e. The van der Waals surface area contributed by atoms with Crippen molar-refractivity contribution in [1.82, 2.24) is 0 Å². The molecule has 3 aromatic carbocycles. The van der Waals surface area contributed by atoms with E-state index in [-0.39, 0.29) is 38.4 Å². The van der Waals surface area contributed by atoms with E-state index in [4.69, 9.17) is 0 Å². The molecule has 3 aromatic rings. The maximum absolute atomic E-state index is 11.8. The minimum absolute atomic E-state index is 0.0258. The van der Waals surface area contributed by atoms with E-state index in [0.29, 0.717) is 17.2 Å². The van der Waals surface area contributed by atoms with Gasteiger partial charge in [0.15, 0.2) is 0 Å². The third-order valence-electron chi connectivity index (χ3n) is 12.0. The van der Waals surface area contributed by atoms with Crippen LogP contribution in [0, 0.1) is 5.92 Å².